The number of ether oxygens (including phenoxy) is 2. The molecule has 0 bridgehead atoms. The van der Waals surface area contributed by atoms with E-state index in [2.05, 4.69) is 44.3 Å². The van der Waals surface area contributed by atoms with E-state index in [1.54, 1.807) is 13.2 Å². The molecule has 1 heterocycles. The van der Waals surface area contributed by atoms with Crippen LogP contribution in [0.4, 0.5) is 0 Å². The Morgan fingerprint density at radius 1 is 1.17 bits per heavy atom. The van der Waals surface area contributed by atoms with Gasteiger partial charge in [0.25, 0.3) is 0 Å². The lowest BCUT2D eigenvalue weighted by molar-refractivity contribution is -0.117. The van der Waals surface area contributed by atoms with Crippen LogP contribution >= 0.6 is 0 Å². The predicted octanol–water partition coefficient (Wildman–Crippen LogP) is 5.74. The van der Waals surface area contributed by atoms with Crippen molar-refractivity contribution in [2.75, 3.05) is 13.7 Å². The smallest absolute Gasteiger partial charge is 0.243 e. The van der Waals surface area contributed by atoms with E-state index in [1.807, 2.05) is 13.0 Å². The molecule has 2 rings (SSSR count). The highest BCUT2D eigenvalue weighted by atomic mass is 16.5. The highest BCUT2D eigenvalue weighted by molar-refractivity contribution is 5.87. The van der Waals surface area contributed by atoms with Crippen molar-refractivity contribution in [3.05, 3.63) is 36.0 Å². The molecule has 1 amide bonds. The summed E-state index contributed by atoms with van der Waals surface area (Å²) >= 11 is 0. The summed E-state index contributed by atoms with van der Waals surface area (Å²) in [5, 5.41) is 3.14. The Labute approximate surface area is 184 Å². The van der Waals surface area contributed by atoms with Crippen LogP contribution in [0, 0.1) is 11.8 Å². The molecule has 4 heteroatoms. The summed E-state index contributed by atoms with van der Waals surface area (Å²) in [5.41, 5.74) is 1.22. The minimum absolute atomic E-state index is 0.0574. The third-order valence-electron chi connectivity index (χ3n) is 6.26. The van der Waals surface area contributed by atoms with Crippen molar-refractivity contribution in [3.63, 3.8) is 0 Å². The molecule has 0 aromatic carbocycles. The number of nitrogens with one attached hydrogen (secondary N) is 1. The van der Waals surface area contributed by atoms with Crippen molar-refractivity contribution in [2.45, 2.75) is 96.8 Å². The fourth-order valence-electron chi connectivity index (χ4n) is 4.79. The summed E-state index contributed by atoms with van der Waals surface area (Å²) < 4.78 is 11.6. The largest absolute Gasteiger partial charge is 0.384 e. The van der Waals surface area contributed by atoms with Gasteiger partial charge in [-0.25, -0.2) is 0 Å². The second kappa shape index (κ2) is 12.5. The first kappa shape index (κ1) is 24.9. The van der Waals surface area contributed by atoms with Gasteiger partial charge in [0.1, 0.15) is 0 Å². The Morgan fingerprint density at radius 3 is 2.57 bits per heavy atom. The van der Waals surface area contributed by atoms with E-state index in [4.69, 9.17) is 9.47 Å². The summed E-state index contributed by atoms with van der Waals surface area (Å²) in [4.78, 5) is 11.8. The fourth-order valence-corrected chi connectivity index (χ4v) is 4.79. The minimum atomic E-state index is -0.0888. The molecule has 1 N–H and O–H groups in total. The maximum absolute atomic E-state index is 11.8. The van der Waals surface area contributed by atoms with E-state index >= 15 is 0 Å². The van der Waals surface area contributed by atoms with Gasteiger partial charge < -0.3 is 14.8 Å². The SMILES string of the molecule is CC/C=C\C(=O)NC1CCC(C/C=C(C)/C=C/[C@@H]2C[C@H](COC)CC(C)(C)O2)CC1. The molecule has 1 aliphatic carbocycles. The zero-order valence-corrected chi connectivity index (χ0v) is 19.8. The molecule has 0 unspecified atom stereocenters. The monoisotopic (exact) mass is 417 g/mol. The van der Waals surface area contributed by atoms with E-state index in [0.29, 0.717) is 12.0 Å². The van der Waals surface area contributed by atoms with Gasteiger partial charge >= 0.3 is 0 Å². The molecule has 1 saturated heterocycles. The highest BCUT2D eigenvalue weighted by Gasteiger charge is 2.33. The van der Waals surface area contributed by atoms with Crippen molar-refractivity contribution in [1.29, 1.82) is 0 Å². The number of allylic oxidation sites excluding steroid dienone is 4. The Balaban J connectivity index is 1.75. The quantitative estimate of drug-likeness (QED) is 0.384. The third kappa shape index (κ3) is 9.18. The zero-order chi connectivity index (χ0) is 22.0. The summed E-state index contributed by atoms with van der Waals surface area (Å²) in [7, 11) is 1.78. The fraction of sp³-hybridized carbons (Fsp3) is 0.731. The number of carbonyl (C=O) groups excluding carboxylic acids is 1. The van der Waals surface area contributed by atoms with E-state index < -0.39 is 0 Å². The number of hydrogen-bond acceptors (Lipinski definition) is 3. The molecule has 1 saturated carbocycles. The third-order valence-corrected chi connectivity index (χ3v) is 6.26. The number of hydrogen-bond donors (Lipinski definition) is 1. The molecule has 0 aromatic rings. The lowest BCUT2D eigenvalue weighted by Crippen LogP contribution is -2.40. The van der Waals surface area contributed by atoms with Gasteiger partial charge in [0, 0.05) is 19.8 Å². The molecule has 30 heavy (non-hydrogen) atoms. The number of amides is 1. The van der Waals surface area contributed by atoms with Gasteiger partial charge in [-0.05, 0) is 90.0 Å². The van der Waals surface area contributed by atoms with Crippen LogP contribution in [0.3, 0.4) is 0 Å². The molecule has 2 atom stereocenters. The Bertz CT molecular complexity index is 612. The van der Waals surface area contributed by atoms with Gasteiger partial charge in [0.05, 0.1) is 11.7 Å². The van der Waals surface area contributed by atoms with Crippen LogP contribution in [0.1, 0.15) is 79.1 Å². The van der Waals surface area contributed by atoms with Crippen molar-refractivity contribution in [2.24, 2.45) is 11.8 Å². The first-order valence-corrected chi connectivity index (χ1v) is 11.8. The Morgan fingerprint density at radius 2 is 1.90 bits per heavy atom. The maximum Gasteiger partial charge on any atom is 0.243 e. The lowest BCUT2D eigenvalue weighted by Gasteiger charge is -2.39. The van der Waals surface area contributed by atoms with Crippen LogP contribution < -0.4 is 5.32 Å². The highest BCUT2D eigenvalue weighted by Crippen LogP contribution is 2.33. The Kier molecular flexibility index (Phi) is 10.3. The standard InChI is InChI=1S/C26H43NO3/c1-6-7-8-25(28)27-23-14-12-21(13-15-23)11-9-20(2)10-16-24-17-22(19-29-5)18-26(3,4)30-24/h7-10,16,21-24H,6,11-15,17-19H2,1-5H3,(H,27,28)/b8-7-,16-10+,20-9+/t21?,22-,23?,24+/m0/s1. The summed E-state index contributed by atoms with van der Waals surface area (Å²) in [6.07, 6.45) is 19.2. The topological polar surface area (TPSA) is 47.6 Å². The molecule has 2 fully saturated rings. The van der Waals surface area contributed by atoms with Crippen LogP contribution in [-0.2, 0) is 14.3 Å². The first-order valence-electron chi connectivity index (χ1n) is 11.8. The van der Waals surface area contributed by atoms with Crippen molar-refractivity contribution in [1.82, 2.24) is 5.32 Å². The molecule has 0 spiro atoms. The van der Waals surface area contributed by atoms with Crippen LogP contribution in [0.2, 0.25) is 0 Å². The summed E-state index contributed by atoms with van der Waals surface area (Å²) in [6.45, 7) is 9.39. The molecule has 0 radical (unpaired) electrons. The van der Waals surface area contributed by atoms with Gasteiger partial charge in [0.2, 0.25) is 5.91 Å². The number of carbonyl (C=O) groups is 1. The summed E-state index contributed by atoms with van der Waals surface area (Å²) in [6, 6.07) is 0.340. The first-order chi connectivity index (χ1) is 14.3. The van der Waals surface area contributed by atoms with Crippen molar-refractivity contribution in [3.8, 4) is 0 Å². The number of rotatable bonds is 9. The number of methoxy groups -OCH3 is 1. The van der Waals surface area contributed by atoms with E-state index in [9.17, 15) is 4.79 Å². The molecule has 1 aliphatic heterocycles. The van der Waals surface area contributed by atoms with Crippen molar-refractivity contribution < 1.29 is 14.3 Å². The Hall–Kier alpha value is -1.39. The van der Waals surface area contributed by atoms with Crippen molar-refractivity contribution >= 4 is 5.91 Å². The minimum Gasteiger partial charge on any atom is -0.384 e. The van der Waals surface area contributed by atoms with Crippen LogP contribution in [0.5, 0.6) is 0 Å². The molecule has 0 aromatic heterocycles. The van der Waals surface area contributed by atoms with Gasteiger partial charge in [-0.3, -0.25) is 4.79 Å². The van der Waals surface area contributed by atoms with Gasteiger partial charge in [-0.15, -0.1) is 0 Å². The molecule has 170 valence electrons. The lowest BCUT2D eigenvalue weighted by atomic mass is 9.83. The summed E-state index contributed by atoms with van der Waals surface area (Å²) in [5.74, 6) is 1.34. The van der Waals surface area contributed by atoms with Crippen LogP contribution in [0.15, 0.2) is 36.0 Å². The van der Waals surface area contributed by atoms with E-state index in [1.165, 1.54) is 18.4 Å². The molecule has 2 aliphatic rings. The zero-order valence-electron chi connectivity index (χ0n) is 19.8. The average Bonchev–Trinajstić information content (AvgIpc) is 2.69. The van der Waals surface area contributed by atoms with Gasteiger partial charge in [-0.2, -0.15) is 0 Å². The van der Waals surface area contributed by atoms with Gasteiger partial charge in [-0.1, -0.05) is 36.8 Å². The maximum atomic E-state index is 11.8. The van der Waals surface area contributed by atoms with E-state index in [0.717, 1.165) is 51.0 Å². The normalized spacial score (nSPS) is 30.1. The molecular weight excluding hydrogens is 374 g/mol. The molecular formula is C26H43NO3. The van der Waals surface area contributed by atoms with Crippen LogP contribution in [0.25, 0.3) is 0 Å². The van der Waals surface area contributed by atoms with Crippen LogP contribution in [-0.4, -0.2) is 37.4 Å². The second-order valence-corrected chi connectivity index (χ2v) is 9.76. The molecule has 4 nitrogen and oxygen atoms in total. The van der Waals surface area contributed by atoms with Gasteiger partial charge in [0.15, 0.2) is 0 Å². The van der Waals surface area contributed by atoms with E-state index in [-0.39, 0.29) is 17.6 Å². The average molecular weight is 418 g/mol. The predicted molar refractivity (Wildman–Crippen MR) is 124 cm³/mol. The second-order valence-electron chi connectivity index (χ2n) is 9.76.